The Morgan fingerprint density at radius 3 is 2.70 bits per heavy atom. The first-order valence-electron chi connectivity index (χ1n) is 11.2. The summed E-state index contributed by atoms with van der Waals surface area (Å²) in [6.45, 7) is 1.80. The summed E-state index contributed by atoms with van der Waals surface area (Å²) in [7, 11) is 1.27. The number of carbonyl (C=O) groups excluding carboxylic acids is 3. The van der Waals surface area contributed by atoms with E-state index in [2.05, 4.69) is 6.08 Å². The second kappa shape index (κ2) is 12.0. The van der Waals surface area contributed by atoms with Crippen LogP contribution in [0.4, 0.5) is 0 Å². The van der Waals surface area contributed by atoms with Crippen molar-refractivity contribution < 1.29 is 24.2 Å². The van der Waals surface area contributed by atoms with Crippen LogP contribution in [0.3, 0.4) is 0 Å². The molecule has 5 heteroatoms. The number of ketones is 2. The fourth-order valence-electron chi connectivity index (χ4n) is 4.20. The van der Waals surface area contributed by atoms with Crippen molar-refractivity contribution in [3.63, 3.8) is 0 Å². The molecule has 0 bridgehead atoms. The first kappa shape index (κ1) is 24.3. The maximum absolute atomic E-state index is 12.6. The number of ether oxygens (including phenoxy) is 1. The van der Waals surface area contributed by atoms with Gasteiger partial charge in [-0.05, 0) is 64.7 Å². The van der Waals surface area contributed by atoms with Gasteiger partial charge in [0.1, 0.15) is 17.5 Å². The number of rotatable bonds is 12. The Bertz CT molecular complexity index is 698. The van der Waals surface area contributed by atoms with Crippen molar-refractivity contribution >= 4 is 17.5 Å². The molecule has 30 heavy (non-hydrogen) atoms. The minimum Gasteiger partial charge on any atom is -0.468 e. The summed E-state index contributed by atoms with van der Waals surface area (Å²) in [4.78, 5) is 36.6. The number of methoxy groups -OCH3 is 1. The van der Waals surface area contributed by atoms with E-state index in [1.807, 2.05) is 24.3 Å². The molecule has 0 aromatic rings. The molecule has 0 aromatic carbocycles. The summed E-state index contributed by atoms with van der Waals surface area (Å²) in [5.74, 6) is -2.19. The zero-order valence-corrected chi connectivity index (χ0v) is 18.4. The second-order valence-corrected chi connectivity index (χ2v) is 8.72. The molecule has 2 unspecified atom stereocenters. The third kappa shape index (κ3) is 7.67. The van der Waals surface area contributed by atoms with Crippen molar-refractivity contribution in [3.05, 3.63) is 36.0 Å². The Labute approximate surface area is 180 Å². The fourth-order valence-corrected chi connectivity index (χ4v) is 4.20. The van der Waals surface area contributed by atoms with E-state index in [-0.39, 0.29) is 18.0 Å². The van der Waals surface area contributed by atoms with E-state index < -0.39 is 23.4 Å². The molecule has 2 rings (SSSR count). The van der Waals surface area contributed by atoms with Gasteiger partial charge in [-0.15, -0.1) is 0 Å². The maximum Gasteiger partial charge on any atom is 0.316 e. The smallest absolute Gasteiger partial charge is 0.316 e. The highest BCUT2D eigenvalue weighted by Crippen LogP contribution is 2.31. The number of allylic oxidation sites excluding steroid dienone is 4. The predicted octanol–water partition coefficient (Wildman–Crippen LogP) is 4.64. The molecule has 0 amide bonds. The van der Waals surface area contributed by atoms with Crippen molar-refractivity contribution in [1.82, 2.24) is 0 Å². The van der Waals surface area contributed by atoms with Gasteiger partial charge in [-0.25, -0.2) is 0 Å². The van der Waals surface area contributed by atoms with Crippen molar-refractivity contribution in [2.45, 2.75) is 83.2 Å². The van der Waals surface area contributed by atoms with Gasteiger partial charge in [-0.1, -0.05) is 36.0 Å². The minimum atomic E-state index is -0.933. The van der Waals surface area contributed by atoms with Crippen LogP contribution in [0, 0.1) is 11.8 Å². The standard InChI is InChI=1S/C25H36O5/c1-25(29,18-16-19-11-7-8-12-19)17-9-5-3-4-6-14-22(27)23(24(28)30-2)20-13-10-15-21(20)26/h5,9,11,16,18,20,23,29H,3-4,6-8,10,12-15,17H2,1-2H3/t20-,23?,25?/m0/s1. The summed E-state index contributed by atoms with van der Waals surface area (Å²) >= 11 is 0. The Kier molecular flexibility index (Phi) is 9.70. The first-order valence-corrected chi connectivity index (χ1v) is 11.2. The van der Waals surface area contributed by atoms with Crippen LogP contribution in [0.1, 0.15) is 77.6 Å². The minimum absolute atomic E-state index is 0.00649. The van der Waals surface area contributed by atoms with Gasteiger partial charge in [-0.3, -0.25) is 14.4 Å². The third-order valence-corrected chi connectivity index (χ3v) is 6.03. The monoisotopic (exact) mass is 416 g/mol. The fraction of sp³-hybridized carbons (Fsp3) is 0.640. The van der Waals surface area contributed by atoms with Gasteiger partial charge >= 0.3 is 5.97 Å². The second-order valence-electron chi connectivity index (χ2n) is 8.72. The van der Waals surface area contributed by atoms with Crippen molar-refractivity contribution in [1.29, 1.82) is 0 Å². The molecule has 0 radical (unpaired) electrons. The normalized spacial score (nSPS) is 22.4. The zero-order valence-electron chi connectivity index (χ0n) is 18.4. The number of hydrogen-bond donors (Lipinski definition) is 1. The van der Waals surface area contributed by atoms with Gasteiger partial charge in [0, 0.05) is 18.8 Å². The number of carbonyl (C=O) groups is 3. The molecule has 2 aliphatic carbocycles. The third-order valence-electron chi connectivity index (χ3n) is 6.03. The van der Waals surface area contributed by atoms with Gasteiger partial charge in [0.15, 0.2) is 0 Å². The molecule has 3 atom stereocenters. The Balaban J connectivity index is 1.69. The molecule has 0 spiro atoms. The summed E-state index contributed by atoms with van der Waals surface area (Å²) in [5, 5.41) is 10.4. The summed E-state index contributed by atoms with van der Waals surface area (Å²) in [6.07, 6.45) is 18.4. The van der Waals surface area contributed by atoms with Crippen LogP contribution >= 0.6 is 0 Å². The Morgan fingerprint density at radius 2 is 2.07 bits per heavy atom. The largest absolute Gasteiger partial charge is 0.468 e. The molecule has 1 N–H and O–H groups in total. The quantitative estimate of drug-likeness (QED) is 0.217. The highest BCUT2D eigenvalue weighted by molar-refractivity contribution is 6.03. The lowest BCUT2D eigenvalue weighted by Gasteiger charge is -2.18. The molecular weight excluding hydrogens is 380 g/mol. The van der Waals surface area contributed by atoms with E-state index in [0.717, 1.165) is 32.1 Å². The number of Topliss-reactive ketones (excluding diaryl/α,β-unsaturated/α-hetero) is 2. The van der Waals surface area contributed by atoms with Gasteiger partial charge in [0.25, 0.3) is 0 Å². The summed E-state index contributed by atoms with van der Waals surface area (Å²) < 4.78 is 4.78. The molecule has 1 saturated carbocycles. The van der Waals surface area contributed by atoms with E-state index in [4.69, 9.17) is 4.74 Å². The summed E-state index contributed by atoms with van der Waals surface area (Å²) in [5.41, 5.74) is 0.436. The molecule has 0 saturated heterocycles. The number of hydrogen-bond acceptors (Lipinski definition) is 5. The molecular formula is C25H36O5. The van der Waals surface area contributed by atoms with E-state index in [1.54, 1.807) is 6.92 Å². The predicted molar refractivity (Wildman–Crippen MR) is 117 cm³/mol. The van der Waals surface area contributed by atoms with E-state index in [0.29, 0.717) is 25.7 Å². The van der Waals surface area contributed by atoms with Gasteiger partial charge in [0.2, 0.25) is 0 Å². The average molecular weight is 417 g/mol. The van der Waals surface area contributed by atoms with E-state index in [1.165, 1.54) is 19.1 Å². The lowest BCUT2D eigenvalue weighted by Crippen LogP contribution is -2.34. The molecule has 5 nitrogen and oxygen atoms in total. The van der Waals surface area contributed by atoms with Gasteiger partial charge in [0.05, 0.1) is 12.7 Å². The van der Waals surface area contributed by atoms with Crippen LogP contribution in [0.5, 0.6) is 0 Å². The molecule has 166 valence electrons. The van der Waals surface area contributed by atoms with Crippen LogP contribution in [0.2, 0.25) is 0 Å². The van der Waals surface area contributed by atoms with Crippen LogP contribution < -0.4 is 0 Å². The molecule has 2 aliphatic rings. The van der Waals surface area contributed by atoms with Crippen molar-refractivity contribution in [3.8, 4) is 0 Å². The van der Waals surface area contributed by atoms with Crippen molar-refractivity contribution in [2.75, 3.05) is 7.11 Å². The van der Waals surface area contributed by atoms with Crippen LogP contribution in [0.25, 0.3) is 0 Å². The van der Waals surface area contributed by atoms with Crippen LogP contribution in [-0.4, -0.2) is 35.4 Å². The van der Waals surface area contributed by atoms with Crippen LogP contribution in [0.15, 0.2) is 36.0 Å². The lowest BCUT2D eigenvalue weighted by molar-refractivity contribution is -0.153. The Morgan fingerprint density at radius 1 is 1.27 bits per heavy atom. The number of aliphatic hydroxyl groups is 1. The van der Waals surface area contributed by atoms with E-state index in [9.17, 15) is 19.5 Å². The van der Waals surface area contributed by atoms with Crippen molar-refractivity contribution in [2.24, 2.45) is 11.8 Å². The molecule has 0 aromatic heterocycles. The zero-order chi connectivity index (χ0) is 22.0. The molecule has 0 aliphatic heterocycles. The maximum atomic E-state index is 12.6. The van der Waals surface area contributed by atoms with Gasteiger partial charge < -0.3 is 9.84 Å². The SMILES string of the molecule is COC(=O)C(C(=O)CCCCC=CCC(C)(O)C=CC1=CCCC1)[C@H]1CCCC1=O. The topological polar surface area (TPSA) is 80.7 Å². The highest BCUT2D eigenvalue weighted by atomic mass is 16.5. The van der Waals surface area contributed by atoms with Crippen LogP contribution in [-0.2, 0) is 19.1 Å². The Hall–Kier alpha value is -2.01. The molecule has 1 fully saturated rings. The highest BCUT2D eigenvalue weighted by Gasteiger charge is 2.41. The number of esters is 1. The van der Waals surface area contributed by atoms with Gasteiger partial charge in [-0.2, -0.15) is 0 Å². The lowest BCUT2D eigenvalue weighted by atomic mass is 9.84. The van der Waals surface area contributed by atoms with E-state index >= 15 is 0 Å². The first-order chi connectivity index (χ1) is 14.3. The average Bonchev–Trinajstić information content (AvgIpc) is 3.38. The summed E-state index contributed by atoms with van der Waals surface area (Å²) in [6, 6.07) is 0. The number of unbranched alkanes of at least 4 members (excludes halogenated alkanes) is 2. The molecule has 0 heterocycles.